The average molecular weight is 434 g/mol. The van der Waals surface area contributed by atoms with Gasteiger partial charge in [0.2, 0.25) is 11.7 Å². The number of aromatic nitrogens is 3. The van der Waals surface area contributed by atoms with Gasteiger partial charge in [-0.25, -0.2) is 13.8 Å². The molecule has 1 aliphatic rings. The van der Waals surface area contributed by atoms with Crippen molar-refractivity contribution in [1.82, 2.24) is 24.2 Å². The van der Waals surface area contributed by atoms with Gasteiger partial charge in [0.05, 0.1) is 17.6 Å². The van der Waals surface area contributed by atoms with Crippen molar-refractivity contribution in [2.75, 3.05) is 38.0 Å². The number of H-pyrrole nitrogens is 1. The molecular weight excluding hydrogens is 411 g/mol. The number of carbonyl (C=O) groups is 1. The van der Waals surface area contributed by atoms with E-state index in [2.05, 4.69) is 25.1 Å². The second-order valence-electron chi connectivity index (χ2n) is 8.00. The summed E-state index contributed by atoms with van der Waals surface area (Å²) in [5, 5.41) is 2.73. The van der Waals surface area contributed by atoms with E-state index in [1.165, 1.54) is 12.1 Å². The molecule has 8 nitrogen and oxygen atoms in total. The summed E-state index contributed by atoms with van der Waals surface area (Å²) in [6, 6.07) is 15.1. The lowest BCUT2D eigenvalue weighted by atomic mass is 10.2. The highest BCUT2D eigenvalue weighted by molar-refractivity contribution is 5.92. The number of nitrogens with zero attached hydrogens (tertiary/aromatic N) is 4. The lowest BCUT2D eigenvalue weighted by Gasteiger charge is -2.34. The highest BCUT2D eigenvalue weighted by Crippen LogP contribution is 2.14. The van der Waals surface area contributed by atoms with Crippen LogP contribution in [0.3, 0.4) is 0 Å². The van der Waals surface area contributed by atoms with Gasteiger partial charge >= 0.3 is 0 Å². The topological polar surface area (TPSA) is 85.7 Å². The molecule has 2 N–H and O–H groups in total. The number of nitrogens with one attached hydrogen (secondary N) is 2. The number of aromatic amines is 1. The molecule has 3 heterocycles. The summed E-state index contributed by atoms with van der Waals surface area (Å²) in [5.74, 6) is 0.00246. The number of hydrogen-bond acceptors (Lipinski definition) is 5. The molecule has 0 unspecified atom stereocenters. The molecule has 2 aromatic carbocycles. The van der Waals surface area contributed by atoms with Gasteiger partial charge in [0.25, 0.3) is 5.56 Å². The zero-order valence-corrected chi connectivity index (χ0v) is 17.4. The van der Waals surface area contributed by atoms with E-state index in [-0.39, 0.29) is 23.8 Å². The summed E-state index contributed by atoms with van der Waals surface area (Å²) in [5.41, 5.74) is 2.74. The molecule has 5 rings (SSSR count). The van der Waals surface area contributed by atoms with Crippen LogP contribution in [-0.4, -0.2) is 62.8 Å². The van der Waals surface area contributed by atoms with Gasteiger partial charge in [-0.05, 0) is 30.3 Å². The van der Waals surface area contributed by atoms with Crippen LogP contribution in [0.5, 0.6) is 0 Å². The van der Waals surface area contributed by atoms with Crippen molar-refractivity contribution >= 4 is 28.4 Å². The lowest BCUT2D eigenvalue weighted by Crippen LogP contribution is -2.48. The van der Waals surface area contributed by atoms with Gasteiger partial charge in [0.15, 0.2) is 0 Å². The van der Waals surface area contributed by atoms with Gasteiger partial charge in [-0.1, -0.05) is 18.2 Å². The van der Waals surface area contributed by atoms with Crippen LogP contribution in [0, 0.1) is 5.82 Å². The third kappa shape index (κ3) is 4.25. The Bertz CT molecular complexity index is 1340. The first-order valence-corrected chi connectivity index (χ1v) is 10.5. The van der Waals surface area contributed by atoms with Crippen molar-refractivity contribution in [3.8, 4) is 0 Å². The van der Waals surface area contributed by atoms with E-state index in [9.17, 15) is 14.0 Å². The Morgan fingerprint density at radius 1 is 1.03 bits per heavy atom. The first-order chi connectivity index (χ1) is 15.5. The molecule has 0 atom stereocenters. The van der Waals surface area contributed by atoms with Gasteiger partial charge in [0.1, 0.15) is 5.82 Å². The molecule has 1 aliphatic heterocycles. The van der Waals surface area contributed by atoms with Crippen LogP contribution >= 0.6 is 0 Å². The summed E-state index contributed by atoms with van der Waals surface area (Å²) in [4.78, 5) is 37.0. The summed E-state index contributed by atoms with van der Waals surface area (Å²) in [7, 11) is 0. The van der Waals surface area contributed by atoms with Gasteiger partial charge in [-0.3, -0.25) is 19.4 Å². The highest BCUT2D eigenvalue weighted by Gasteiger charge is 2.20. The van der Waals surface area contributed by atoms with Crippen molar-refractivity contribution in [2.45, 2.75) is 6.54 Å². The molecule has 0 bridgehead atoms. The van der Waals surface area contributed by atoms with Gasteiger partial charge in [-0.2, -0.15) is 0 Å². The van der Waals surface area contributed by atoms with Gasteiger partial charge < -0.3 is 10.3 Å². The number of hydrogen-bond donors (Lipinski definition) is 2. The molecule has 0 aliphatic carbocycles. The Labute approximate surface area is 183 Å². The monoisotopic (exact) mass is 434 g/mol. The Balaban J connectivity index is 1.19. The molecule has 1 saturated heterocycles. The van der Waals surface area contributed by atoms with E-state index in [0.29, 0.717) is 18.0 Å². The van der Waals surface area contributed by atoms with Crippen LogP contribution < -0.4 is 10.9 Å². The summed E-state index contributed by atoms with van der Waals surface area (Å²) in [6.07, 6.45) is 0. The number of rotatable bonds is 5. The maximum Gasteiger partial charge on any atom is 0.259 e. The Kier molecular flexibility index (Phi) is 5.42. The molecule has 2 aromatic heterocycles. The van der Waals surface area contributed by atoms with Crippen LogP contribution in [0.1, 0.15) is 5.69 Å². The molecule has 1 amide bonds. The molecular formula is C23H23FN6O2. The minimum atomic E-state index is -0.379. The number of halogens is 1. The SMILES string of the molecule is O=C(CN1CCN(Cc2cc(=O)n3c(nc4ccccc43)[nH]2)CC1)Nc1cccc(F)c1. The van der Waals surface area contributed by atoms with E-state index < -0.39 is 0 Å². The fourth-order valence-electron chi connectivity index (χ4n) is 4.13. The predicted molar refractivity (Wildman–Crippen MR) is 120 cm³/mol. The van der Waals surface area contributed by atoms with Gasteiger partial charge in [-0.15, -0.1) is 0 Å². The fourth-order valence-corrected chi connectivity index (χ4v) is 4.13. The Morgan fingerprint density at radius 2 is 1.81 bits per heavy atom. The second-order valence-corrected chi connectivity index (χ2v) is 8.00. The van der Waals surface area contributed by atoms with Crippen LogP contribution in [0.25, 0.3) is 16.8 Å². The lowest BCUT2D eigenvalue weighted by molar-refractivity contribution is -0.117. The number of carbonyl (C=O) groups excluding carboxylic acids is 1. The van der Waals surface area contributed by atoms with E-state index >= 15 is 0 Å². The van der Waals surface area contributed by atoms with E-state index in [4.69, 9.17) is 0 Å². The largest absolute Gasteiger partial charge is 0.327 e. The normalized spacial score (nSPS) is 15.4. The number of imidazole rings is 1. The van der Waals surface area contributed by atoms with Crippen LogP contribution in [0.15, 0.2) is 59.4 Å². The van der Waals surface area contributed by atoms with E-state index in [0.717, 1.165) is 42.9 Å². The highest BCUT2D eigenvalue weighted by atomic mass is 19.1. The van der Waals surface area contributed by atoms with Crippen molar-refractivity contribution in [2.24, 2.45) is 0 Å². The quantitative estimate of drug-likeness (QED) is 0.502. The molecule has 0 radical (unpaired) electrons. The first-order valence-electron chi connectivity index (χ1n) is 10.5. The van der Waals surface area contributed by atoms with Crippen molar-refractivity contribution < 1.29 is 9.18 Å². The second kappa shape index (κ2) is 8.52. The number of piperazine rings is 1. The smallest absolute Gasteiger partial charge is 0.259 e. The molecule has 1 fully saturated rings. The van der Waals surface area contributed by atoms with Crippen LogP contribution in [-0.2, 0) is 11.3 Å². The van der Waals surface area contributed by atoms with Gasteiger partial charge in [0, 0.05) is 50.2 Å². The summed E-state index contributed by atoms with van der Waals surface area (Å²) >= 11 is 0. The molecule has 0 spiro atoms. The summed E-state index contributed by atoms with van der Waals surface area (Å²) < 4.78 is 14.9. The Morgan fingerprint density at radius 3 is 2.62 bits per heavy atom. The average Bonchev–Trinajstić information content (AvgIpc) is 3.14. The van der Waals surface area contributed by atoms with Crippen LogP contribution in [0.2, 0.25) is 0 Å². The molecule has 0 saturated carbocycles. The minimum Gasteiger partial charge on any atom is -0.327 e. The summed E-state index contributed by atoms with van der Waals surface area (Å²) in [6.45, 7) is 3.88. The number of amides is 1. The number of para-hydroxylation sites is 2. The third-order valence-corrected chi connectivity index (χ3v) is 5.69. The molecule has 32 heavy (non-hydrogen) atoms. The van der Waals surface area contributed by atoms with Crippen molar-refractivity contribution in [1.29, 1.82) is 0 Å². The first kappa shape index (κ1) is 20.3. The number of benzene rings is 2. The van der Waals surface area contributed by atoms with Crippen LogP contribution in [0.4, 0.5) is 10.1 Å². The standard InChI is InChI=1S/C23H23FN6O2/c24-16-4-3-5-17(12-16)25-21(31)15-29-10-8-28(9-11-29)14-18-13-22(32)30-20-7-2-1-6-19(20)27-23(30)26-18/h1-7,12-13H,8-11,14-15H2,(H,25,31)(H,26,27). The zero-order chi connectivity index (χ0) is 22.1. The number of fused-ring (bicyclic) bond motifs is 3. The van der Waals surface area contributed by atoms with Crippen molar-refractivity contribution in [3.05, 3.63) is 76.5 Å². The maximum absolute atomic E-state index is 13.3. The zero-order valence-electron chi connectivity index (χ0n) is 17.4. The predicted octanol–water partition coefficient (Wildman–Crippen LogP) is 2.07. The maximum atomic E-state index is 13.3. The molecule has 164 valence electrons. The number of anilines is 1. The Hall–Kier alpha value is -3.56. The molecule has 9 heteroatoms. The minimum absolute atomic E-state index is 0.102. The fraction of sp³-hybridized carbons (Fsp3) is 0.261. The van der Waals surface area contributed by atoms with Crippen molar-refractivity contribution in [3.63, 3.8) is 0 Å². The van der Waals surface area contributed by atoms with E-state index in [1.807, 2.05) is 24.3 Å². The van der Waals surface area contributed by atoms with E-state index in [1.54, 1.807) is 22.6 Å². The molecule has 4 aromatic rings. The third-order valence-electron chi connectivity index (χ3n) is 5.69.